The fourth-order valence-corrected chi connectivity index (χ4v) is 2.72. The first-order chi connectivity index (χ1) is 9.65. The molecule has 1 heterocycles. The van der Waals surface area contributed by atoms with Crippen LogP contribution < -0.4 is 0 Å². The monoisotopic (exact) mass is 287 g/mol. The zero-order valence-corrected chi connectivity index (χ0v) is 11.7. The minimum Gasteiger partial charge on any atom is -0.334 e. The summed E-state index contributed by atoms with van der Waals surface area (Å²) in [6.45, 7) is 1.15. The second kappa shape index (κ2) is 5.29. The fourth-order valence-electron chi connectivity index (χ4n) is 2.52. The third-order valence-corrected chi connectivity index (χ3v) is 3.88. The van der Waals surface area contributed by atoms with Gasteiger partial charge in [0.25, 0.3) is 5.91 Å². The van der Waals surface area contributed by atoms with Crippen molar-refractivity contribution < 1.29 is 9.18 Å². The second-order valence-corrected chi connectivity index (χ2v) is 5.43. The summed E-state index contributed by atoms with van der Waals surface area (Å²) in [5.41, 5.74) is 2.49. The van der Waals surface area contributed by atoms with E-state index >= 15 is 0 Å². The van der Waals surface area contributed by atoms with Gasteiger partial charge in [-0.3, -0.25) is 4.79 Å². The highest BCUT2D eigenvalue weighted by atomic mass is 32.1. The minimum atomic E-state index is -0.494. The van der Waals surface area contributed by atoms with Crippen molar-refractivity contribution in [2.75, 3.05) is 6.54 Å². The van der Waals surface area contributed by atoms with Crippen LogP contribution in [0.4, 0.5) is 4.39 Å². The lowest BCUT2D eigenvalue weighted by Gasteiger charge is -2.29. The lowest BCUT2D eigenvalue weighted by molar-refractivity contribution is 0.0729. The Labute approximate surface area is 122 Å². The quantitative estimate of drug-likeness (QED) is 0.798. The number of hydrogen-bond acceptors (Lipinski definition) is 2. The summed E-state index contributed by atoms with van der Waals surface area (Å²) in [6.07, 6.45) is 0.810. The maximum absolute atomic E-state index is 13.8. The van der Waals surface area contributed by atoms with Crippen LogP contribution in [-0.2, 0) is 13.0 Å². The molecule has 2 aromatic rings. The van der Waals surface area contributed by atoms with Gasteiger partial charge in [-0.05, 0) is 35.7 Å². The van der Waals surface area contributed by atoms with Crippen LogP contribution in [-0.4, -0.2) is 17.4 Å². The molecule has 1 aliphatic rings. The summed E-state index contributed by atoms with van der Waals surface area (Å²) in [6, 6.07) is 12.4. The van der Waals surface area contributed by atoms with Crippen molar-refractivity contribution in [2.45, 2.75) is 17.9 Å². The molecule has 0 spiro atoms. The molecule has 3 rings (SSSR count). The van der Waals surface area contributed by atoms with Gasteiger partial charge in [0.05, 0.1) is 5.56 Å². The van der Waals surface area contributed by atoms with Crippen molar-refractivity contribution in [1.82, 2.24) is 4.90 Å². The SMILES string of the molecule is O=C(c1cc(S)ccc1F)N1CCc2ccccc2C1. The lowest BCUT2D eigenvalue weighted by Crippen LogP contribution is -2.36. The van der Waals surface area contributed by atoms with Gasteiger partial charge in [-0.15, -0.1) is 12.6 Å². The van der Waals surface area contributed by atoms with Crippen LogP contribution in [0.3, 0.4) is 0 Å². The van der Waals surface area contributed by atoms with Crippen molar-refractivity contribution in [3.63, 3.8) is 0 Å². The van der Waals surface area contributed by atoms with E-state index in [0.29, 0.717) is 18.0 Å². The van der Waals surface area contributed by atoms with Crippen LogP contribution in [0.5, 0.6) is 0 Å². The van der Waals surface area contributed by atoms with Gasteiger partial charge in [0.1, 0.15) is 5.82 Å². The van der Waals surface area contributed by atoms with Gasteiger partial charge >= 0.3 is 0 Å². The second-order valence-electron chi connectivity index (χ2n) is 4.91. The average molecular weight is 287 g/mol. The molecule has 2 aromatic carbocycles. The highest BCUT2D eigenvalue weighted by molar-refractivity contribution is 7.80. The van der Waals surface area contributed by atoms with Crippen molar-refractivity contribution in [3.8, 4) is 0 Å². The van der Waals surface area contributed by atoms with E-state index in [-0.39, 0.29) is 11.5 Å². The molecule has 0 aliphatic carbocycles. The predicted octanol–water partition coefficient (Wildman–Crippen LogP) is 3.31. The molecular formula is C16H14FNOS. The van der Waals surface area contributed by atoms with Gasteiger partial charge in [-0.2, -0.15) is 0 Å². The number of carbonyl (C=O) groups excluding carboxylic acids is 1. The Hall–Kier alpha value is -1.81. The molecule has 0 atom stereocenters. The number of benzene rings is 2. The number of hydrogen-bond donors (Lipinski definition) is 1. The molecule has 102 valence electrons. The largest absolute Gasteiger partial charge is 0.334 e. The van der Waals surface area contributed by atoms with Gasteiger partial charge in [0, 0.05) is 18.0 Å². The smallest absolute Gasteiger partial charge is 0.257 e. The summed E-state index contributed by atoms with van der Waals surface area (Å²) < 4.78 is 13.8. The van der Waals surface area contributed by atoms with Crippen LogP contribution in [0.15, 0.2) is 47.4 Å². The Kier molecular flexibility index (Phi) is 3.49. The van der Waals surface area contributed by atoms with Crippen molar-refractivity contribution in [1.29, 1.82) is 0 Å². The number of fused-ring (bicyclic) bond motifs is 1. The molecule has 0 radical (unpaired) electrons. The van der Waals surface area contributed by atoms with Crippen molar-refractivity contribution in [2.24, 2.45) is 0 Å². The number of amides is 1. The molecule has 0 bridgehead atoms. The minimum absolute atomic E-state index is 0.0943. The molecule has 0 saturated carbocycles. The molecular weight excluding hydrogens is 273 g/mol. The van der Waals surface area contributed by atoms with E-state index in [0.717, 1.165) is 12.0 Å². The summed E-state index contributed by atoms with van der Waals surface area (Å²) >= 11 is 4.17. The molecule has 4 heteroatoms. The van der Waals surface area contributed by atoms with Crippen molar-refractivity contribution in [3.05, 3.63) is 65.0 Å². The predicted molar refractivity (Wildman–Crippen MR) is 78.5 cm³/mol. The zero-order chi connectivity index (χ0) is 14.1. The standard InChI is InChI=1S/C16H14FNOS/c17-15-6-5-13(20)9-14(15)16(19)18-8-7-11-3-1-2-4-12(11)10-18/h1-6,9,20H,7-8,10H2. The van der Waals surface area contributed by atoms with Gasteiger partial charge in [0.15, 0.2) is 0 Å². The van der Waals surface area contributed by atoms with Gasteiger partial charge in [-0.25, -0.2) is 4.39 Å². The Balaban J connectivity index is 1.88. The van der Waals surface area contributed by atoms with Crippen LogP contribution in [0.2, 0.25) is 0 Å². The van der Waals surface area contributed by atoms with E-state index in [1.807, 2.05) is 18.2 Å². The third kappa shape index (κ3) is 2.43. The maximum atomic E-state index is 13.8. The lowest BCUT2D eigenvalue weighted by atomic mass is 9.99. The Morgan fingerprint density at radius 1 is 1.15 bits per heavy atom. The molecule has 20 heavy (non-hydrogen) atoms. The maximum Gasteiger partial charge on any atom is 0.257 e. The number of rotatable bonds is 1. The molecule has 0 fully saturated rings. The third-order valence-electron chi connectivity index (χ3n) is 3.60. The van der Waals surface area contributed by atoms with Crippen LogP contribution >= 0.6 is 12.6 Å². The summed E-state index contributed by atoms with van der Waals surface area (Å²) in [5, 5.41) is 0. The molecule has 2 nitrogen and oxygen atoms in total. The first kappa shape index (κ1) is 13.2. The first-order valence-corrected chi connectivity index (χ1v) is 6.94. The topological polar surface area (TPSA) is 20.3 Å². The highest BCUT2D eigenvalue weighted by Gasteiger charge is 2.23. The average Bonchev–Trinajstić information content (AvgIpc) is 2.48. The fraction of sp³-hybridized carbons (Fsp3) is 0.188. The molecule has 1 aliphatic heterocycles. The first-order valence-electron chi connectivity index (χ1n) is 6.50. The molecule has 0 unspecified atom stereocenters. The number of halogens is 1. The normalized spacial score (nSPS) is 14.0. The van der Waals surface area contributed by atoms with Crippen LogP contribution in [0, 0.1) is 5.82 Å². The molecule has 0 aromatic heterocycles. The van der Waals surface area contributed by atoms with Gasteiger partial charge in [0.2, 0.25) is 0 Å². The number of nitrogens with zero attached hydrogens (tertiary/aromatic N) is 1. The van der Waals surface area contributed by atoms with E-state index in [2.05, 4.69) is 18.7 Å². The van der Waals surface area contributed by atoms with E-state index in [1.165, 1.54) is 17.7 Å². The summed E-state index contributed by atoms with van der Waals surface area (Å²) in [5.74, 6) is -0.764. The van der Waals surface area contributed by atoms with Crippen molar-refractivity contribution >= 4 is 18.5 Å². The molecule has 1 amide bonds. The Bertz CT molecular complexity index is 671. The number of thiol groups is 1. The molecule has 0 N–H and O–H groups in total. The van der Waals surface area contributed by atoms with E-state index in [4.69, 9.17) is 0 Å². The van der Waals surface area contributed by atoms with Gasteiger partial charge in [-0.1, -0.05) is 24.3 Å². The Morgan fingerprint density at radius 2 is 1.90 bits per heavy atom. The van der Waals surface area contributed by atoms with E-state index < -0.39 is 5.82 Å². The summed E-state index contributed by atoms with van der Waals surface area (Å²) in [4.78, 5) is 14.7. The molecule has 0 saturated heterocycles. The number of carbonyl (C=O) groups is 1. The van der Waals surface area contributed by atoms with Gasteiger partial charge < -0.3 is 4.90 Å². The van der Waals surface area contributed by atoms with Crippen LogP contribution in [0.1, 0.15) is 21.5 Å². The van der Waals surface area contributed by atoms with E-state index in [1.54, 1.807) is 11.0 Å². The highest BCUT2D eigenvalue weighted by Crippen LogP contribution is 2.22. The zero-order valence-electron chi connectivity index (χ0n) is 10.8. The Morgan fingerprint density at radius 3 is 2.70 bits per heavy atom. The van der Waals surface area contributed by atoms with Crippen LogP contribution in [0.25, 0.3) is 0 Å². The summed E-state index contributed by atoms with van der Waals surface area (Å²) in [7, 11) is 0. The van der Waals surface area contributed by atoms with E-state index in [9.17, 15) is 9.18 Å².